The second kappa shape index (κ2) is 9.37. The van der Waals surface area contributed by atoms with E-state index in [2.05, 4.69) is 144 Å². The second-order valence-corrected chi connectivity index (χ2v) is 12.9. The van der Waals surface area contributed by atoms with Gasteiger partial charge in [0.1, 0.15) is 11.2 Å². The first kappa shape index (κ1) is 25.8. The van der Waals surface area contributed by atoms with Crippen molar-refractivity contribution < 1.29 is 0 Å². The Balaban J connectivity index is 1.09. The van der Waals surface area contributed by atoms with Gasteiger partial charge in [0.05, 0.1) is 11.1 Å². The normalized spacial score (nSPS) is 13.6. The molecule has 9 aromatic rings. The number of pyridine rings is 2. The van der Waals surface area contributed by atoms with E-state index in [1.54, 1.807) is 0 Å². The Morgan fingerprint density at radius 2 is 0.958 bits per heavy atom. The molecule has 0 fully saturated rings. The molecule has 2 aliphatic rings. The molecule has 0 saturated carbocycles. The summed E-state index contributed by atoms with van der Waals surface area (Å²) < 4.78 is 2.08. The van der Waals surface area contributed by atoms with E-state index in [4.69, 9.17) is 9.97 Å². The van der Waals surface area contributed by atoms with E-state index in [9.17, 15) is 0 Å². The number of hydrogen-bond donors (Lipinski definition) is 0. The summed E-state index contributed by atoms with van der Waals surface area (Å²) in [6.07, 6.45) is 2.04. The fourth-order valence-electron chi connectivity index (χ4n) is 8.65. The van der Waals surface area contributed by atoms with Crippen LogP contribution in [0.25, 0.3) is 72.2 Å². The highest BCUT2D eigenvalue weighted by Crippen LogP contribution is 2.63. The maximum absolute atomic E-state index is 5.23. The molecule has 0 N–H and O–H groups in total. The van der Waals surface area contributed by atoms with E-state index in [-0.39, 0.29) is 5.41 Å². The van der Waals surface area contributed by atoms with Crippen molar-refractivity contribution in [3.05, 3.63) is 186 Å². The molecular formula is C45H27N3. The maximum Gasteiger partial charge on any atom is 0.165 e. The van der Waals surface area contributed by atoms with Crippen molar-refractivity contribution in [2.24, 2.45) is 0 Å². The summed E-state index contributed by atoms with van der Waals surface area (Å²) in [5, 5.41) is 2.22. The average molecular weight is 610 g/mol. The number of aromatic nitrogens is 3. The Hall–Kier alpha value is -6.32. The van der Waals surface area contributed by atoms with Crippen molar-refractivity contribution >= 4 is 27.6 Å². The first-order chi connectivity index (χ1) is 23.8. The lowest BCUT2D eigenvalue weighted by atomic mass is 9.70. The smallest absolute Gasteiger partial charge is 0.165 e. The molecule has 0 radical (unpaired) electrons. The van der Waals surface area contributed by atoms with Crippen LogP contribution in [0, 0.1) is 0 Å². The van der Waals surface area contributed by atoms with Gasteiger partial charge < -0.3 is 0 Å². The van der Waals surface area contributed by atoms with Gasteiger partial charge >= 0.3 is 0 Å². The van der Waals surface area contributed by atoms with Crippen molar-refractivity contribution in [2.75, 3.05) is 0 Å². The molecule has 11 rings (SSSR count). The third-order valence-electron chi connectivity index (χ3n) is 10.6. The highest BCUT2D eigenvalue weighted by atomic mass is 15.1. The van der Waals surface area contributed by atoms with Gasteiger partial charge in [0.25, 0.3) is 0 Å². The topological polar surface area (TPSA) is 30.2 Å². The van der Waals surface area contributed by atoms with Crippen LogP contribution >= 0.6 is 0 Å². The van der Waals surface area contributed by atoms with Crippen molar-refractivity contribution in [3.63, 3.8) is 0 Å². The molecule has 0 saturated heterocycles. The summed E-state index contributed by atoms with van der Waals surface area (Å²) in [6.45, 7) is 0. The van der Waals surface area contributed by atoms with Crippen molar-refractivity contribution in [1.82, 2.24) is 14.4 Å². The quantitative estimate of drug-likeness (QED) is 0.195. The molecular weight excluding hydrogens is 583 g/mol. The van der Waals surface area contributed by atoms with E-state index in [0.29, 0.717) is 0 Å². The molecule has 3 nitrogen and oxygen atoms in total. The number of hydrogen-bond acceptors (Lipinski definition) is 2. The van der Waals surface area contributed by atoms with E-state index < -0.39 is 0 Å². The molecule has 0 unspecified atom stereocenters. The summed E-state index contributed by atoms with van der Waals surface area (Å²) >= 11 is 0. The average Bonchev–Trinajstić information content (AvgIpc) is 3.79. The molecule has 3 heteroatoms. The molecule has 222 valence electrons. The molecule has 0 amide bonds. The van der Waals surface area contributed by atoms with Gasteiger partial charge in [0.15, 0.2) is 5.65 Å². The number of imidazole rings is 1. The first-order valence-electron chi connectivity index (χ1n) is 16.5. The number of benzene rings is 6. The fraction of sp³-hybridized carbons (Fsp3) is 0.0222. The molecule has 0 aliphatic heterocycles. The Labute approximate surface area is 277 Å². The van der Waals surface area contributed by atoms with Crippen LogP contribution in [0.4, 0.5) is 0 Å². The Morgan fingerprint density at radius 3 is 1.65 bits per heavy atom. The zero-order chi connectivity index (χ0) is 31.4. The summed E-state index contributed by atoms with van der Waals surface area (Å²) in [4.78, 5) is 10.2. The summed E-state index contributed by atoms with van der Waals surface area (Å²) in [5.74, 6) is 0. The van der Waals surface area contributed by atoms with E-state index >= 15 is 0 Å². The van der Waals surface area contributed by atoms with Crippen LogP contribution in [-0.2, 0) is 5.41 Å². The van der Waals surface area contributed by atoms with Crippen LogP contribution < -0.4 is 0 Å². The molecule has 3 heterocycles. The predicted octanol–water partition coefficient (Wildman–Crippen LogP) is 10.7. The largest absolute Gasteiger partial charge is 0.284 e. The molecule has 3 aromatic heterocycles. The minimum Gasteiger partial charge on any atom is -0.284 e. The standard InChI is InChI=1S/C45H27N3/c1-2-15-36-35(14-1)42(47-44-43(36)46-41-19-9-10-26-48(41)44)29-22-20-28(21-23-29)30-24-25-34-33-13-5-8-18-39(33)45(40(34)27-30)37-16-6-3-11-31(37)32-12-4-7-17-38(32)45/h1-27H. The van der Waals surface area contributed by atoms with Crippen molar-refractivity contribution in [2.45, 2.75) is 5.41 Å². The molecule has 0 bridgehead atoms. The van der Waals surface area contributed by atoms with E-state index in [0.717, 1.165) is 38.8 Å². The molecule has 48 heavy (non-hydrogen) atoms. The highest BCUT2D eigenvalue weighted by molar-refractivity contribution is 6.09. The van der Waals surface area contributed by atoms with Crippen LogP contribution in [0.15, 0.2) is 164 Å². The monoisotopic (exact) mass is 609 g/mol. The van der Waals surface area contributed by atoms with Gasteiger partial charge in [-0.2, -0.15) is 0 Å². The summed E-state index contributed by atoms with van der Waals surface area (Å²) in [5.41, 5.74) is 17.6. The third-order valence-corrected chi connectivity index (χ3v) is 10.6. The fourth-order valence-corrected chi connectivity index (χ4v) is 8.65. The summed E-state index contributed by atoms with van der Waals surface area (Å²) in [7, 11) is 0. The molecule has 1 spiro atoms. The van der Waals surface area contributed by atoms with Gasteiger partial charge in [-0.1, -0.05) is 140 Å². The Kier molecular flexibility index (Phi) is 5.04. The van der Waals surface area contributed by atoms with Gasteiger partial charge in [-0.25, -0.2) is 9.97 Å². The maximum atomic E-state index is 5.23. The lowest BCUT2D eigenvalue weighted by molar-refractivity contribution is 0.794. The van der Waals surface area contributed by atoms with E-state index in [1.807, 2.05) is 24.4 Å². The minimum atomic E-state index is -0.346. The molecule has 0 atom stereocenters. The number of rotatable bonds is 2. The van der Waals surface area contributed by atoms with E-state index in [1.165, 1.54) is 55.6 Å². The molecule has 6 aromatic carbocycles. The van der Waals surface area contributed by atoms with Crippen molar-refractivity contribution in [1.29, 1.82) is 0 Å². The van der Waals surface area contributed by atoms with Gasteiger partial charge in [0.2, 0.25) is 0 Å². The van der Waals surface area contributed by atoms with Gasteiger partial charge in [-0.3, -0.25) is 4.40 Å². The zero-order valence-corrected chi connectivity index (χ0v) is 25.9. The predicted molar refractivity (Wildman–Crippen MR) is 195 cm³/mol. The minimum absolute atomic E-state index is 0.346. The Morgan fingerprint density at radius 1 is 0.417 bits per heavy atom. The van der Waals surface area contributed by atoms with Gasteiger partial charge in [-0.05, 0) is 73.8 Å². The SMILES string of the molecule is c1ccc2c(c1)-c1ccccc1C21c2ccccc2-c2ccc(-c3ccc(-c4nc5c(nc6ccccn65)c5ccccc45)cc3)cc21. The lowest BCUT2D eigenvalue weighted by Crippen LogP contribution is -2.25. The number of fused-ring (bicyclic) bond motifs is 15. The zero-order valence-electron chi connectivity index (χ0n) is 25.9. The summed E-state index contributed by atoms with van der Waals surface area (Å²) in [6, 6.07) is 57.5. The van der Waals surface area contributed by atoms with Crippen LogP contribution in [0.5, 0.6) is 0 Å². The Bertz CT molecular complexity index is 2720. The van der Waals surface area contributed by atoms with Crippen LogP contribution in [0.3, 0.4) is 0 Å². The van der Waals surface area contributed by atoms with Gasteiger partial charge in [-0.15, -0.1) is 0 Å². The van der Waals surface area contributed by atoms with Crippen LogP contribution in [-0.4, -0.2) is 14.4 Å². The molecule has 2 aliphatic carbocycles. The highest BCUT2D eigenvalue weighted by Gasteiger charge is 2.51. The first-order valence-corrected chi connectivity index (χ1v) is 16.5. The number of nitrogens with zero attached hydrogens (tertiary/aromatic N) is 3. The lowest BCUT2D eigenvalue weighted by Gasteiger charge is -2.30. The van der Waals surface area contributed by atoms with Crippen molar-refractivity contribution in [3.8, 4) is 44.6 Å². The second-order valence-electron chi connectivity index (χ2n) is 12.9. The van der Waals surface area contributed by atoms with Crippen LogP contribution in [0.1, 0.15) is 22.3 Å². The van der Waals surface area contributed by atoms with Gasteiger partial charge in [0, 0.05) is 22.5 Å². The van der Waals surface area contributed by atoms with Crippen LogP contribution in [0.2, 0.25) is 0 Å². The third kappa shape index (κ3) is 3.22.